The zero-order valence-electron chi connectivity index (χ0n) is 9.58. The van der Waals surface area contributed by atoms with Crippen LogP contribution in [-0.2, 0) is 7.05 Å². The lowest BCUT2D eigenvalue weighted by molar-refractivity contribution is 0.622. The Morgan fingerprint density at radius 2 is 2.28 bits per heavy atom. The summed E-state index contributed by atoms with van der Waals surface area (Å²) >= 11 is 5.79. The Morgan fingerprint density at radius 3 is 2.83 bits per heavy atom. The Hall–Kier alpha value is -2.13. The van der Waals surface area contributed by atoms with Crippen molar-refractivity contribution in [3.63, 3.8) is 0 Å². The first kappa shape index (κ1) is 12.3. The van der Waals surface area contributed by atoms with E-state index >= 15 is 0 Å². The molecular weight excluding hydrogens is 259 g/mol. The molecule has 0 atom stereocenters. The number of hydrogen-bond donors (Lipinski definition) is 1. The summed E-state index contributed by atoms with van der Waals surface area (Å²) < 4.78 is 15.1. The third kappa shape index (κ3) is 1.69. The minimum absolute atomic E-state index is 0.0879. The summed E-state index contributed by atoms with van der Waals surface area (Å²) in [7, 11) is 1.56. The number of pyridine rings is 1. The maximum Gasteiger partial charge on any atom is 0.267 e. The Bertz CT molecular complexity index is 726. The van der Waals surface area contributed by atoms with Crippen LogP contribution in [0.4, 0.5) is 4.39 Å². The van der Waals surface area contributed by atoms with E-state index in [9.17, 15) is 9.18 Å². The minimum Gasteiger partial charge on any atom is -0.325 e. The quantitative estimate of drug-likeness (QED) is 0.854. The molecule has 2 aromatic rings. The molecule has 0 fully saturated rings. The van der Waals surface area contributed by atoms with E-state index in [0.29, 0.717) is 11.3 Å². The fourth-order valence-corrected chi connectivity index (χ4v) is 1.96. The van der Waals surface area contributed by atoms with Crippen molar-refractivity contribution in [3.8, 4) is 17.3 Å². The molecule has 0 unspecified atom stereocenters. The predicted octanol–water partition coefficient (Wildman–Crippen LogP) is 1.75. The van der Waals surface area contributed by atoms with E-state index in [2.05, 4.69) is 10.1 Å². The van der Waals surface area contributed by atoms with Crippen molar-refractivity contribution in [2.24, 2.45) is 7.05 Å². The monoisotopic (exact) mass is 266 g/mol. The van der Waals surface area contributed by atoms with Crippen molar-refractivity contribution >= 4 is 11.6 Å². The lowest BCUT2D eigenvalue weighted by Crippen LogP contribution is -2.09. The van der Waals surface area contributed by atoms with Gasteiger partial charge in [-0.3, -0.25) is 9.48 Å². The number of halogens is 2. The summed E-state index contributed by atoms with van der Waals surface area (Å²) in [6, 6.07) is 1.96. The van der Waals surface area contributed by atoms with Crippen LogP contribution in [0.2, 0.25) is 5.02 Å². The molecule has 0 bridgehead atoms. The Morgan fingerprint density at radius 1 is 1.61 bits per heavy atom. The first-order valence-corrected chi connectivity index (χ1v) is 5.36. The molecule has 0 aliphatic carbocycles. The van der Waals surface area contributed by atoms with Crippen LogP contribution in [0.1, 0.15) is 11.3 Å². The van der Waals surface area contributed by atoms with Crippen molar-refractivity contribution in [2.45, 2.75) is 6.92 Å². The highest BCUT2D eigenvalue weighted by molar-refractivity contribution is 6.33. The molecule has 0 saturated heterocycles. The molecule has 0 saturated carbocycles. The number of aromatic amines is 1. The van der Waals surface area contributed by atoms with Crippen LogP contribution in [0, 0.1) is 24.1 Å². The van der Waals surface area contributed by atoms with Crippen LogP contribution in [0.15, 0.2) is 11.0 Å². The number of H-pyrrole nitrogens is 1. The molecule has 92 valence electrons. The highest BCUT2D eigenvalue weighted by Crippen LogP contribution is 2.30. The van der Waals surface area contributed by atoms with E-state index in [0.717, 1.165) is 6.20 Å². The Balaban J connectivity index is 2.83. The first-order valence-electron chi connectivity index (χ1n) is 4.98. The molecule has 0 radical (unpaired) electrons. The summed E-state index contributed by atoms with van der Waals surface area (Å²) in [4.78, 5) is 13.6. The molecule has 7 heteroatoms. The topological polar surface area (TPSA) is 74.5 Å². The lowest BCUT2D eigenvalue weighted by Gasteiger charge is -2.02. The third-order valence-corrected chi connectivity index (χ3v) is 2.98. The molecule has 0 aromatic carbocycles. The van der Waals surface area contributed by atoms with Crippen LogP contribution >= 0.6 is 11.6 Å². The third-order valence-electron chi connectivity index (χ3n) is 2.61. The number of nitrogens with zero attached hydrogens (tertiary/aromatic N) is 3. The van der Waals surface area contributed by atoms with Crippen molar-refractivity contribution in [2.75, 3.05) is 0 Å². The molecule has 2 heterocycles. The van der Waals surface area contributed by atoms with Gasteiger partial charge in [0.2, 0.25) is 0 Å². The van der Waals surface area contributed by atoms with Crippen LogP contribution in [0.25, 0.3) is 11.3 Å². The molecule has 2 aromatic heterocycles. The first-order chi connectivity index (χ1) is 8.47. The molecule has 18 heavy (non-hydrogen) atoms. The number of aryl methyl sites for hydroxylation is 1. The molecule has 2 rings (SSSR count). The van der Waals surface area contributed by atoms with E-state index in [-0.39, 0.29) is 16.3 Å². The molecule has 0 spiro atoms. The van der Waals surface area contributed by atoms with E-state index in [4.69, 9.17) is 16.9 Å². The number of rotatable bonds is 1. The summed E-state index contributed by atoms with van der Waals surface area (Å²) in [5, 5.41) is 12.7. The number of nitriles is 1. The van der Waals surface area contributed by atoms with E-state index < -0.39 is 11.4 Å². The molecule has 0 aliphatic rings. The minimum atomic E-state index is -0.690. The van der Waals surface area contributed by atoms with Gasteiger partial charge in [-0.15, -0.1) is 0 Å². The molecule has 1 N–H and O–H groups in total. The van der Waals surface area contributed by atoms with Crippen LogP contribution in [-0.4, -0.2) is 14.8 Å². The smallest absolute Gasteiger partial charge is 0.267 e. The van der Waals surface area contributed by atoms with Gasteiger partial charge >= 0.3 is 0 Å². The Labute approximate surface area is 106 Å². The second kappa shape index (κ2) is 4.27. The molecule has 5 nitrogen and oxygen atoms in total. The average molecular weight is 267 g/mol. The molecular formula is C11H8ClFN4O. The van der Waals surface area contributed by atoms with Gasteiger partial charge < -0.3 is 4.98 Å². The van der Waals surface area contributed by atoms with Gasteiger partial charge in [0, 0.05) is 18.8 Å². The summed E-state index contributed by atoms with van der Waals surface area (Å²) in [5.41, 5.74) is 0.279. The number of nitrogens with one attached hydrogen (secondary N) is 1. The summed E-state index contributed by atoms with van der Waals surface area (Å²) in [6.45, 7) is 1.62. The van der Waals surface area contributed by atoms with E-state index in [1.165, 1.54) is 4.68 Å². The second-order valence-electron chi connectivity index (χ2n) is 3.71. The number of hydrogen-bond acceptors (Lipinski definition) is 3. The standard InChI is InChI=1S/C11H8ClFN4O/c1-5-7(3-14)17(2)16-10(5)8-6(13)4-15-11(18)9(8)12/h4H,1-2H3,(H,15,18). The normalized spacial score (nSPS) is 10.4. The SMILES string of the molecule is Cc1c(-c2c(F)c[nH]c(=O)c2Cl)nn(C)c1C#N. The Kier molecular flexibility index (Phi) is 2.93. The van der Waals surface area contributed by atoms with Crippen molar-refractivity contribution in [1.29, 1.82) is 5.26 Å². The van der Waals surface area contributed by atoms with E-state index in [1.807, 2.05) is 6.07 Å². The van der Waals surface area contributed by atoms with Crippen molar-refractivity contribution in [3.05, 3.63) is 38.6 Å². The van der Waals surface area contributed by atoms with Crippen LogP contribution in [0.3, 0.4) is 0 Å². The van der Waals surface area contributed by atoms with Crippen molar-refractivity contribution < 1.29 is 4.39 Å². The van der Waals surface area contributed by atoms with Gasteiger partial charge in [0.15, 0.2) is 0 Å². The fraction of sp³-hybridized carbons (Fsp3) is 0.182. The van der Waals surface area contributed by atoms with Gasteiger partial charge in [-0.25, -0.2) is 4.39 Å². The average Bonchev–Trinajstić information content (AvgIpc) is 2.60. The largest absolute Gasteiger partial charge is 0.325 e. The maximum atomic E-state index is 13.8. The van der Waals surface area contributed by atoms with Gasteiger partial charge in [0.05, 0.1) is 5.56 Å². The second-order valence-corrected chi connectivity index (χ2v) is 4.09. The van der Waals surface area contributed by atoms with Crippen molar-refractivity contribution in [1.82, 2.24) is 14.8 Å². The van der Waals surface area contributed by atoms with Gasteiger partial charge in [-0.1, -0.05) is 11.6 Å². The maximum absolute atomic E-state index is 13.8. The number of aromatic nitrogens is 3. The van der Waals surface area contributed by atoms with Gasteiger partial charge in [0.25, 0.3) is 5.56 Å². The fourth-order valence-electron chi connectivity index (χ4n) is 1.72. The predicted molar refractivity (Wildman–Crippen MR) is 63.7 cm³/mol. The van der Waals surface area contributed by atoms with Gasteiger partial charge in [0.1, 0.15) is 28.3 Å². The van der Waals surface area contributed by atoms with E-state index in [1.54, 1.807) is 14.0 Å². The highest BCUT2D eigenvalue weighted by Gasteiger charge is 2.21. The van der Waals surface area contributed by atoms with Gasteiger partial charge in [-0.05, 0) is 6.92 Å². The lowest BCUT2D eigenvalue weighted by atomic mass is 10.1. The summed E-state index contributed by atoms with van der Waals surface area (Å²) in [6.07, 6.45) is 0.920. The highest BCUT2D eigenvalue weighted by atomic mass is 35.5. The summed E-state index contributed by atoms with van der Waals surface area (Å²) in [5.74, 6) is -0.690. The zero-order valence-corrected chi connectivity index (χ0v) is 10.3. The van der Waals surface area contributed by atoms with Crippen LogP contribution in [0.5, 0.6) is 0 Å². The molecule has 0 aliphatic heterocycles. The zero-order chi connectivity index (χ0) is 13.4. The molecule has 0 amide bonds. The van der Waals surface area contributed by atoms with Crippen LogP contribution < -0.4 is 5.56 Å². The van der Waals surface area contributed by atoms with Gasteiger partial charge in [-0.2, -0.15) is 10.4 Å².